The molecule has 0 aliphatic rings. The van der Waals surface area contributed by atoms with Gasteiger partial charge in [0.05, 0.1) is 17.8 Å². The van der Waals surface area contributed by atoms with Gasteiger partial charge in [0, 0.05) is 5.56 Å². The highest BCUT2D eigenvalue weighted by Gasteiger charge is 2.21. The minimum Gasteiger partial charge on any atom is -0.467 e. The number of anilines is 1. The van der Waals surface area contributed by atoms with E-state index in [9.17, 15) is 9.59 Å². The molecule has 20 heavy (non-hydrogen) atoms. The predicted octanol–water partition coefficient (Wildman–Crippen LogP) is 1.95. The summed E-state index contributed by atoms with van der Waals surface area (Å²) in [7, 11) is 1.29. The molecule has 1 amide bonds. The molecule has 1 unspecified atom stereocenters. The third-order valence-corrected chi connectivity index (χ3v) is 3.65. The van der Waals surface area contributed by atoms with Gasteiger partial charge in [-0.3, -0.25) is 4.79 Å². The van der Waals surface area contributed by atoms with Gasteiger partial charge in [-0.2, -0.15) is 11.8 Å². The van der Waals surface area contributed by atoms with Crippen LogP contribution < -0.4 is 11.1 Å². The molecule has 0 fully saturated rings. The summed E-state index contributed by atoms with van der Waals surface area (Å²) in [5.41, 5.74) is 6.32. The van der Waals surface area contributed by atoms with Gasteiger partial charge in [0.25, 0.3) is 5.91 Å². The van der Waals surface area contributed by atoms with E-state index >= 15 is 0 Å². The molecule has 1 rings (SSSR count). The van der Waals surface area contributed by atoms with Crippen LogP contribution in [0, 0.1) is 0 Å². The Morgan fingerprint density at radius 3 is 2.75 bits per heavy atom. The first-order chi connectivity index (χ1) is 9.49. The number of amides is 1. The topological polar surface area (TPSA) is 81.4 Å². The molecule has 5 nitrogen and oxygen atoms in total. The fraction of sp³-hybridized carbons (Fsp3) is 0.385. The Labute approximate surface area is 127 Å². The van der Waals surface area contributed by atoms with E-state index in [4.69, 9.17) is 17.3 Å². The van der Waals surface area contributed by atoms with Crippen molar-refractivity contribution in [3.63, 3.8) is 0 Å². The van der Waals surface area contributed by atoms with Gasteiger partial charge in [0.1, 0.15) is 6.04 Å². The van der Waals surface area contributed by atoms with Crippen molar-refractivity contribution in [1.29, 1.82) is 0 Å². The number of nitrogen functional groups attached to an aromatic ring is 1. The molecule has 0 aliphatic carbocycles. The Morgan fingerprint density at radius 1 is 1.50 bits per heavy atom. The lowest BCUT2D eigenvalue weighted by molar-refractivity contribution is -0.142. The number of esters is 1. The molecule has 0 aliphatic heterocycles. The van der Waals surface area contributed by atoms with E-state index in [-0.39, 0.29) is 5.91 Å². The van der Waals surface area contributed by atoms with Crippen molar-refractivity contribution in [1.82, 2.24) is 5.32 Å². The van der Waals surface area contributed by atoms with E-state index in [0.717, 1.165) is 5.75 Å². The summed E-state index contributed by atoms with van der Waals surface area (Å²) in [6.07, 6.45) is 2.43. The number of benzene rings is 1. The number of carbonyl (C=O) groups excluding carboxylic acids is 2. The van der Waals surface area contributed by atoms with Crippen molar-refractivity contribution in [2.75, 3.05) is 24.9 Å². The zero-order chi connectivity index (χ0) is 15.1. The lowest BCUT2D eigenvalue weighted by Crippen LogP contribution is -2.41. The second-order valence-electron chi connectivity index (χ2n) is 4.07. The number of rotatable bonds is 6. The van der Waals surface area contributed by atoms with Crippen LogP contribution in [0.3, 0.4) is 0 Å². The van der Waals surface area contributed by atoms with Crippen molar-refractivity contribution in [2.24, 2.45) is 0 Å². The molecule has 0 bridgehead atoms. The summed E-state index contributed by atoms with van der Waals surface area (Å²) >= 11 is 7.39. The molecule has 7 heteroatoms. The zero-order valence-electron chi connectivity index (χ0n) is 11.3. The van der Waals surface area contributed by atoms with E-state index in [0.29, 0.717) is 22.7 Å². The highest BCUT2D eigenvalue weighted by atomic mass is 35.5. The largest absolute Gasteiger partial charge is 0.467 e. The van der Waals surface area contributed by atoms with Crippen molar-refractivity contribution in [3.05, 3.63) is 28.8 Å². The standard InChI is InChI=1S/C13H17ClN2O3S/c1-19-13(18)11(5-6-20-2)16-12(17)8-3-4-9(14)10(15)7-8/h3-4,7,11H,5-6,15H2,1-2H3,(H,16,17). The summed E-state index contributed by atoms with van der Waals surface area (Å²) in [6.45, 7) is 0. The predicted molar refractivity (Wildman–Crippen MR) is 82.1 cm³/mol. The smallest absolute Gasteiger partial charge is 0.328 e. The second kappa shape index (κ2) is 8.01. The Bertz CT molecular complexity index is 497. The fourth-order valence-electron chi connectivity index (χ4n) is 1.55. The molecule has 1 aromatic rings. The fourth-order valence-corrected chi connectivity index (χ4v) is 2.14. The van der Waals surface area contributed by atoms with Crippen LogP contribution in [0.1, 0.15) is 16.8 Å². The number of nitrogens with one attached hydrogen (secondary N) is 1. The maximum absolute atomic E-state index is 12.1. The highest BCUT2D eigenvalue weighted by molar-refractivity contribution is 7.98. The summed E-state index contributed by atoms with van der Waals surface area (Å²) in [6, 6.07) is 3.90. The number of thioether (sulfide) groups is 1. The number of nitrogens with two attached hydrogens (primary N) is 1. The van der Waals surface area contributed by atoms with Crippen LogP contribution in [0.4, 0.5) is 5.69 Å². The molecule has 0 aromatic heterocycles. The average molecular weight is 317 g/mol. The van der Waals surface area contributed by atoms with Crippen LogP contribution in [-0.4, -0.2) is 37.0 Å². The first kappa shape index (κ1) is 16.7. The van der Waals surface area contributed by atoms with E-state index < -0.39 is 12.0 Å². The van der Waals surface area contributed by atoms with Crippen molar-refractivity contribution in [3.8, 4) is 0 Å². The molecule has 110 valence electrons. The molecule has 1 aromatic carbocycles. The minimum absolute atomic E-state index is 0.318. The summed E-state index contributed by atoms with van der Waals surface area (Å²) < 4.78 is 4.68. The van der Waals surface area contributed by atoms with Gasteiger partial charge in [-0.15, -0.1) is 0 Å². The summed E-state index contributed by atoms with van der Waals surface area (Å²) in [5.74, 6) is -0.109. The van der Waals surface area contributed by atoms with E-state index in [1.807, 2.05) is 6.26 Å². The average Bonchev–Trinajstić information content (AvgIpc) is 2.45. The molecule has 3 N–H and O–H groups in total. The Balaban J connectivity index is 2.78. The number of carbonyl (C=O) groups is 2. The first-order valence-corrected chi connectivity index (χ1v) is 7.69. The lowest BCUT2D eigenvalue weighted by atomic mass is 10.1. The quantitative estimate of drug-likeness (QED) is 0.619. The van der Waals surface area contributed by atoms with Gasteiger partial charge >= 0.3 is 5.97 Å². The zero-order valence-corrected chi connectivity index (χ0v) is 12.9. The molecule has 0 radical (unpaired) electrons. The number of hydrogen-bond acceptors (Lipinski definition) is 5. The van der Waals surface area contributed by atoms with Gasteiger partial charge in [-0.25, -0.2) is 4.79 Å². The van der Waals surface area contributed by atoms with Crippen LogP contribution in [0.15, 0.2) is 18.2 Å². The molecular weight excluding hydrogens is 300 g/mol. The second-order valence-corrected chi connectivity index (χ2v) is 5.46. The van der Waals surface area contributed by atoms with Gasteiger partial charge in [0.15, 0.2) is 0 Å². The number of methoxy groups -OCH3 is 1. The van der Waals surface area contributed by atoms with Crippen molar-refractivity contribution >= 4 is 40.9 Å². The Morgan fingerprint density at radius 2 is 2.20 bits per heavy atom. The normalized spacial score (nSPS) is 11.8. The SMILES string of the molecule is COC(=O)C(CCSC)NC(=O)c1ccc(Cl)c(N)c1. The van der Waals surface area contributed by atoms with Crippen LogP contribution in [0.5, 0.6) is 0 Å². The number of hydrogen-bond donors (Lipinski definition) is 2. The molecule has 0 heterocycles. The Hall–Kier alpha value is -1.40. The molecular formula is C13H17ClN2O3S. The monoisotopic (exact) mass is 316 g/mol. The van der Waals surface area contributed by atoms with Crippen LogP contribution in [0.25, 0.3) is 0 Å². The molecule has 0 spiro atoms. The van der Waals surface area contributed by atoms with E-state index in [1.165, 1.54) is 13.2 Å². The van der Waals surface area contributed by atoms with Gasteiger partial charge in [0.2, 0.25) is 0 Å². The number of halogens is 1. The van der Waals surface area contributed by atoms with E-state index in [1.54, 1.807) is 23.9 Å². The van der Waals surface area contributed by atoms with Crippen LogP contribution in [0.2, 0.25) is 5.02 Å². The lowest BCUT2D eigenvalue weighted by Gasteiger charge is -2.16. The van der Waals surface area contributed by atoms with Crippen LogP contribution in [-0.2, 0) is 9.53 Å². The first-order valence-electron chi connectivity index (χ1n) is 5.92. The van der Waals surface area contributed by atoms with Crippen LogP contribution >= 0.6 is 23.4 Å². The van der Waals surface area contributed by atoms with E-state index in [2.05, 4.69) is 10.1 Å². The molecule has 0 saturated carbocycles. The van der Waals surface area contributed by atoms with Gasteiger partial charge < -0.3 is 15.8 Å². The summed E-state index contributed by atoms with van der Waals surface area (Å²) in [5, 5.41) is 3.02. The number of ether oxygens (including phenoxy) is 1. The van der Waals surface area contributed by atoms with Gasteiger partial charge in [-0.05, 0) is 36.6 Å². The Kier molecular flexibility index (Phi) is 6.67. The molecule has 0 saturated heterocycles. The summed E-state index contributed by atoms with van der Waals surface area (Å²) in [4.78, 5) is 23.7. The third kappa shape index (κ3) is 4.61. The minimum atomic E-state index is -0.670. The van der Waals surface area contributed by atoms with Crippen molar-refractivity contribution in [2.45, 2.75) is 12.5 Å². The third-order valence-electron chi connectivity index (χ3n) is 2.66. The van der Waals surface area contributed by atoms with Gasteiger partial charge in [-0.1, -0.05) is 11.6 Å². The maximum atomic E-state index is 12.1. The molecule has 1 atom stereocenters. The highest BCUT2D eigenvalue weighted by Crippen LogP contribution is 2.19. The maximum Gasteiger partial charge on any atom is 0.328 e. The van der Waals surface area contributed by atoms with Crippen molar-refractivity contribution < 1.29 is 14.3 Å².